The van der Waals surface area contributed by atoms with Gasteiger partial charge in [0.25, 0.3) is 0 Å². The molecular formula is C17H17Cl2N3OS. The van der Waals surface area contributed by atoms with Crippen molar-refractivity contribution in [3.05, 3.63) is 47.0 Å². The van der Waals surface area contributed by atoms with E-state index < -0.39 is 0 Å². The van der Waals surface area contributed by atoms with Gasteiger partial charge in [-0.2, -0.15) is 0 Å². The predicted molar refractivity (Wildman–Crippen MR) is 101 cm³/mol. The molecule has 4 nitrogen and oxygen atoms in total. The number of carbonyl (C=O) groups is 1. The number of benzene rings is 1. The van der Waals surface area contributed by atoms with Crippen LogP contribution in [0.4, 0.5) is 0 Å². The van der Waals surface area contributed by atoms with E-state index in [0.717, 1.165) is 33.1 Å². The lowest BCUT2D eigenvalue weighted by molar-refractivity contribution is 0.0916. The van der Waals surface area contributed by atoms with Crippen LogP contribution in [0, 0.1) is 12.8 Å². The minimum absolute atomic E-state index is 0. The Hall–Kier alpha value is -1.43. The second kappa shape index (κ2) is 6.47. The molecule has 0 radical (unpaired) electrons. The summed E-state index contributed by atoms with van der Waals surface area (Å²) >= 11 is 7.90. The van der Waals surface area contributed by atoms with Crippen molar-refractivity contribution in [2.75, 3.05) is 5.75 Å². The maximum Gasteiger partial charge on any atom is 0.171 e. The third kappa shape index (κ3) is 2.65. The van der Waals surface area contributed by atoms with Gasteiger partial charge >= 0.3 is 0 Å². The summed E-state index contributed by atoms with van der Waals surface area (Å²) in [5.41, 5.74) is 1.88. The topological polar surface area (TPSA) is 39.8 Å². The Morgan fingerprint density at radius 1 is 1.42 bits per heavy atom. The predicted octanol–water partition coefficient (Wildman–Crippen LogP) is 4.36. The highest BCUT2D eigenvalue weighted by Gasteiger charge is 2.33. The average molecular weight is 382 g/mol. The van der Waals surface area contributed by atoms with Gasteiger partial charge in [-0.25, -0.2) is 4.98 Å². The molecule has 24 heavy (non-hydrogen) atoms. The number of aryl methyl sites for hydroxylation is 2. The minimum atomic E-state index is -0.0371. The van der Waals surface area contributed by atoms with E-state index in [-0.39, 0.29) is 24.1 Å². The van der Waals surface area contributed by atoms with Gasteiger partial charge in [-0.3, -0.25) is 4.79 Å². The fourth-order valence-corrected chi connectivity index (χ4v) is 4.66. The van der Waals surface area contributed by atoms with Crippen molar-refractivity contribution < 1.29 is 4.79 Å². The fourth-order valence-electron chi connectivity index (χ4n) is 3.23. The van der Waals surface area contributed by atoms with Crippen LogP contribution in [0.5, 0.6) is 0 Å². The molecule has 3 aromatic rings. The number of aromatic nitrogens is 3. The van der Waals surface area contributed by atoms with E-state index in [1.807, 2.05) is 42.9 Å². The molecular weight excluding hydrogens is 365 g/mol. The highest BCUT2D eigenvalue weighted by atomic mass is 35.5. The van der Waals surface area contributed by atoms with Crippen molar-refractivity contribution in [3.63, 3.8) is 0 Å². The second-order valence-corrected chi connectivity index (χ2v) is 7.34. The Kier molecular flexibility index (Phi) is 4.69. The summed E-state index contributed by atoms with van der Waals surface area (Å²) in [5.74, 6) is 1.90. The first kappa shape index (κ1) is 17.4. The largest absolute Gasteiger partial charge is 0.338 e. The van der Waals surface area contributed by atoms with Crippen molar-refractivity contribution in [3.8, 4) is 0 Å². The number of imidazole rings is 1. The van der Waals surface area contributed by atoms with E-state index in [1.54, 1.807) is 18.0 Å². The SMILES string of the molecule is Cc1nccn1CC1CSc2c(c3cc(Cl)ccc3n2C)C1=O.Cl. The molecule has 1 aromatic carbocycles. The molecule has 1 aliphatic heterocycles. The van der Waals surface area contributed by atoms with Crippen molar-refractivity contribution in [2.24, 2.45) is 13.0 Å². The van der Waals surface area contributed by atoms with Crippen molar-refractivity contribution in [1.82, 2.24) is 14.1 Å². The second-order valence-electron chi connectivity index (χ2n) is 5.90. The van der Waals surface area contributed by atoms with Gasteiger partial charge in [0.15, 0.2) is 5.78 Å². The Morgan fingerprint density at radius 3 is 2.92 bits per heavy atom. The zero-order valence-electron chi connectivity index (χ0n) is 13.3. The smallest absolute Gasteiger partial charge is 0.171 e. The van der Waals surface area contributed by atoms with Crippen molar-refractivity contribution in [1.29, 1.82) is 0 Å². The van der Waals surface area contributed by atoms with E-state index in [9.17, 15) is 4.79 Å². The average Bonchev–Trinajstić information content (AvgIpc) is 3.05. The molecule has 7 heteroatoms. The van der Waals surface area contributed by atoms with E-state index in [1.165, 1.54) is 0 Å². The van der Waals surface area contributed by atoms with Crippen LogP contribution in [0.1, 0.15) is 16.2 Å². The molecule has 1 unspecified atom stereocenters. The number of Topliss-reactive ketones (excluding diaryl/α,β-unsaturated/α-hetero) is 1. The lowest BCUT2D eigenvalue weighted by Gasteiger charge is -2.22. The summed E-state index contributed by atoms with van der Waals surface area (Å²) in [6.45, 7) is 2.64. The highest BCUT2D eigenvalue weighted by Crippen LogP contribution is 2.40. The zero-order valence-corrected chi connectivity index (χ0v) is 15.7. The van der Waals surface area contributed by atoms with Crippen molar-refractivity contribution in [2.45, 2.75) is 18.5 Å². The monoisotopic (exact) mass is 381 g/mol. The van der Waals surface area contributed by atoms with Crippen LogP contribution in [0.2, 0.25) is 5.02 Å². The van der Waals surface area contributed by atoms with Crippen LogP contribution in [0.25, 0.3) is 10.9 Å². The van der Waals surface area contributed by atoms with Crippen LogP contribution >= 0.6 is 35.8 Å². The minimum Gasteiger partial charge on any atom is -0.338 e. The summed E-state index contributed by atoms with van der Waals surface area (Å²) < 4.78 is 4.15. The first-order valence-corrected chi connectivity index (χ1v) is 8.85. The number of hydrogen-bond acceptors (Lipinski definition) is 3. The van der Waals surface area contributed by atoms with E-state index in [4.69, 9.17) is 11.6 Å². The van der Waals surface area contributed by atoms with Gasteiger partial charge in [0.05, 0.1) is 10.6 Å². The fraction of sp³-hybridized carbons (Fsp3) is 0.294. The molecule has 0 amide bonds. The molecule has 4 rings (SSSR count). The molecule has 0 N–H and O–H groups in total. The lowest BCUT2D eigenvalue weighted by Crippen LogP contribution is -2.27. The molecule has 0 bridgehead atoms. The van der Waals surface area contributed by atoms with Crippen LogP contribution in [-0.4, -0.2) is 25.7 Å². The normalized spacial score (nSPS) is 17.0. The van der Waals surface area contributed by atoms with Gasteiger partial charge in [-0.05, 0) is 25.1 Å². The number of nitrogens with zero attached hydrogens (tertiary/aromatic N) is 3. The number of hydrogen-bond donors (Lipinski definition) is 0. The van der Waals surface area contributed by atoms with Gasteiger partial charge in [0.2, 0.25) is 0 Å². The number of thioether (sulfide) groups is 1. The maximum atomic E-state index is 13.1. The first-order valence-electron chi connectivity index (χ1n) is 7.49. The molecule has 1 atom stereocenters. The van der Waals surface area contributed by atoms with E-state index in [0.29, 0.717) is 11.6 Å². The van der Waals surface area contributed by atoms with Gasteiger partial charge in [-0.15, -0.1) is 24.2 Å². The maximum absolute atomic E-state index is 13.1. The number of ketones is 1. The van der Waals surface area contributed by atoms with Crippen LogP contribution in [0.3, 0.4) is 0 Å². The summed E-state index contributed by atoms with van der Waals surface area (Å²) in [4.78, 5) is 17.3. The Bertz CT molecular complexity index is 931. The number of halogens is 2. The zero-order chi connectivity index (χ0) is 16.1. The van der Waals surface area contributed by atoms with Gasteiger partial charge < -0.3 is 9.13 Å². The molecule has 2 aromatic heterocycles. The summed E-state index contributed by atoms with van der Waals surface area (Å²) in [6, 6.07) is 5.76. The Morgan fingerprint density at radius 2 is 2.21 bits per heavy atom. The quantitative estimate of drug-likeness (QED) is 0.661. The third-order valence-corrected chi connectivity index (χ3v) is 6.04. The van der Waals surface area contributed by atoms with Crippen molar-refractivity contribution >= 4 is 52.5 Å². The lowest BCUT2D eigenvalue weighted by atomic mass is 9.98. The van der Waals surface area contributed by atoms with E-state index >= 15 is 0 Å². The standard InChI is InChI=1S/C17H16ClN3OS.ClH/c1-10-19-5-6-21(10)8-11-9-23-17-15(16(11)22)13-7-12(18)3-4-14(13)20(17)2;/h3-7,11H,8-9H2,1-2H3;1H. The summed E-state index contributed by atoms with van der Waals surface area (Å²) in [6.07, 6.45) is 3.71. The molecule has 3 heterocycles. The number of fused-ring (bicyclic) bond motifs is 3. The van der Waals surface area contributed by atoms with Gasteiger partial charge in [-0.1, -0.05) is 11.6 Å². The molecule has 0 fully saturated rings. The summed E-state index contributed by atoms with van der Waals surface area (Å²) in [5, 5.41) is 2.67. The van der Waals surface area contributed by atoms with Gasteiger partial charge in [0, 0.05) is 53.6 Å². The van der Waals surface area contributed by atoms with E-state index in [2.05, 4.69) is 9.55 Å². The molecule has 0 spiro atoms. The molecule has 0 aliphatic carbocycles. The summed E-state index contributed by atoms with van der Waals surface area (Å²) in [7, 11) is 2.01. The number of carbonyl (C=O) groups excluding carboxylic acids is 1. The molecule has 0 saturated heterocycles. The van der Waals surface area contributed by atoms with Crippen LogP contribution < -0.4 is 0 Å². The third-order valence-electron chi connectivity index (χ3n) is 4.49. The molecule has 126 valence electrons. The Balaban J connectivity index is 0.00000169. The molecule has 1 aliphatic rings. The van der Waals surface area contributed by atoms with Gasteiger partial charge in [0.1, 0.15) is 5.82 Å². The van der Waals surface area contributed by atoms with Crippen LogP contribution in [-0.2, 0) is 13.6 Å². The highest BCUT2D eigenvalue weighted by molar-refractivity contribution is 7.99. The van der Waals surface area contributed by atoms with Crippen LogP contribution in [0.15, 0.2) is 35.6 Å². The molecule has 0 saturated carbocycles. The number of rotatable bonds is 2. The first-order chi connectivity index (χ1) is 11.1. The Labute approximate surface area is 155 Å².